The lowest BCUT2D eigenvalue weighted by Crippen LogP contribution is -2.45. The molecule has 12 heteroatoms. The number of aromatic nitrogens is 2. The summed E-state index contributed by atoms with van der Waals surface area (Å²) in [5, 5.41) is 24.5. The first kappa shape index (κ1) is 32.3. The van der Waals surface area contributed by atoms with Crippen molar-refractivity contribution >= 4 is 11.8 Å². The lowest BCUT2D eigenvalue weighted by atomic mass is 10.1. The van der Waals surface area contributed by atoms with Crippen molar-refractivity contribution in [3.63, 3.8) is 0 Å². The molecule has 4 N–H and O–H groups in total. The van der Waals surface area contributed by atoms with E-state index in [1.165, 1.54) is 50.8 Å². The van der Waals surface area contributed by atoms with Gasteiger partial charge in [-0.15, -0.1) is 0 Å². The Morgan fingerprint density at radius 2 is 1.77 bits per heavy atom. The Morgan fingerprint density at radius 3 is 2.38 bits per heavy atom. The number of ether oxygens (including phenoxy) is 2. The fourth-order valence-corrected chi connectivity index (χ4v) is 4.51. The topological polar surface area (TPSA) is 186 Å². The highest BCUT2D eigenvalue weighted by atomic mass is 16.6. The average molecular weight is 549 g/mol. The van der Waals surface area contributed by atoms with Crippen molar-refractivity contribution in [3.8, 4) is 0 Å². The van der Waals surface area contributed by atoms with Crippen LogP contribution < -0.4 is 11.4 Å². The number of unbranched alkanes of at least 4 members (excludes halogenated alkanes) is 11. The molecule has 1 fully saturated rings. The van der Waals surface area contributed by atoms with Gasteiger partial charge < -0.3 is 25.4 Å². The molecule has 0 spiro atoms. The van der Waals surface area contributed by atoms with Gasteiger partial charge >= 0.3 is 11.7 Å². The minimum absolute atomic E-state index is 0.0323. The Bertz CT molecular complexity index is 1010. The van der Waals surface area contributed by atoms with Gasteiger partial charge in [0.2, 0.25) is 5.72 Å². The van der Waals surface area contributed by atoms with Crippen molar-refractivity contribution in [2.45, 2.75) is 121 Å². The molecule has 1 aromatic heterocycles. The fraction of sp³-hybridized carbons (Fsp3) is 0.741. The third kappa shape index (κ3) is 10.6. The summed E-state index contributed by atoms with van der Waals surface area (Å²) in [6.45, 7) is 1.62. The van der Waals surface area contributed by atoms with E-state index in [1.807, 2.05) is 0 Å². The normalized spacial score (nSPS) is 22.7. The number of rotatable bonds is 19. The second-order valence-corrected chi connectivity index (χ2v) is 10.0. The van der Waals surface area contributed by atoms with Crippen LogP contribution in [0.4, 0.5) is 5.82 Å². The van der Waals surface area contributed by atoms with Crippen molar-refractivity contribution in [2.75, 3.05) is 12.3 Å². The second kappa shape index (κ2) is 17.6. The van der Waals surface area contributed by atoms with E-state index >= 15 is 0 Å². The molecule has 1 saturated heterocycles. The maximum Gasteiger partial charge on any atom is 0.351 e. The molecule has 1 aliphatic rings. The van der Waals surface area contributed by atoms with E-state index in [0.29, 0.717) is 6.42 Å². The third-order valence-electron chi connectivity index (χ3n) is 6.82. The van der Waals surface area contributed by atoms with Crippen LogP contribution in [0.1, 0.15) is 103 Å². The van der Waals surface area contributed by atoms with Crippen molar-refractivity contribution in [1.29, 1.82) is 0 Å². The van der Waals surface area contributed by atoms with Crippen LogP contribution in [-0.4, -0.2) is 50.3 Å². The Kier molecular flexibility index (Phi) is 14.6. The Morgan fingerprint density at radius 1 is 1.15 bits per heavy atom. The van der Waals surface area contributed by atoms with E-state index in [0.717, 1.165) is 43.1 Å². The van der Waals surface area contributed by atoms with E-state index < -0.39 is 42.4 Å². The standard InChI is InChI=1S/C27H44N6O6/c1-2-3-4-5-6-7-8-9-10-11-12-13-14-15-16-17-22(34)38-20-27(31-32-29)24(36)23(35)25(39-27)33-19-18-21(28)30-26(33)37/h9-10,18-19,23-25,35-36H,2-8,11-17,20H2,1H3,(H2,28,30,37)/t23-,24+,25+,27-/m1/s1. The van der Waals surface area contributed by atoms with Crippen molar-refractivity contribution < 1.29 is 24.5 Å². The summed E-state index contributed by atoms with van der Waals surface area (Å²) < 4.78 is 11.7. The number of hydrogen-bond donors (Lipinski definition) is 3. The van der Waals surface area contributed by atoms with Crippen LogP contribution in [0.5, 0.6) is 0 Å². The van der Waals surface area contributed by atoms with Crippen LogP contribution >= 0.6 is 0 Å². The third-order valence-corrected chi connectivity index (χ3v) is 6.82. The molecule has 12 nitrogen and oxygen atoms in total. The predicted molar refractivity (Wildman–Crippen MR) is 147 cm³/mol. The average Bonchev–Trinajstić information content (AvgIpc) is 3.15. The highest BCUT2D eigenvalue weighted by molar-refractivity contribution is 5.69. The first-order chi connectivity index (χ1) is 18.8. The summed E-state index contributed by atoms with van der Waals surface area (Å²) in [7, 11) is 0. The number of azide groups is 1. The summed E-state index contributed by atoms with van der Waals surface area (Å²) in [4.78, 5) is 30.6. The van der Waals surface area contributed by atoms with Gasteiger partial charge in [-0.2, -0.15) is 4.98 Å². The molecule has 4 atom stereocenters. The maximum atomic E-state index is 12.3. The molecule has 0 aliphatic carbocycles. The largest absolute Gasteiger partial charge is 0.462 e. The summed E-state index contributed by atoms with van der Waals surface area (Å²) in [5.41, 5.74) is 11.6. The van der Waals surface area contributed by atoms with Crippen molar-refractivity contribution in [3.05, 3.63) is 45.3 Å². The zero-order valence-electron chi connectivity index (χ0n) is 23.0. The van der Waals surface area contributed by atoms with E-state index in [9.17, 15) is 19.8 Å². The summed E-state index contributed by atoms with van der Waals surface area (Å²) in [6, 6.07) is 1.31. The number of anilines is 1. The highest BCUT2D eigenvalue weighted by Gasteiger charge is 2.56. The first-order valence-corrected chi connectivity index (χ1v) is 14.1. The molecule has 0 amide bonds. The van der Waals surface area contributed by atoms with Gasteiger partial charge in [0.05, 0.1) is 0 Å². The molecule has 218 valence electrons. The number of hydrogen-bond acceptors (Lipinski definition) is 9. The number of nitrogens with two attached hydrogens (primary N) is 1. The number of carbonyl (C=O) groups is 1. The lowest BCUT2D eigenvalue weighted by molar-refractivity contribution is -0.165. The molecule has 0 aromatic carbocycles. The first-order valence-electron chi connectivity index (χ1n) is 14.1. The number of allylic oxidation sites excluding steroid dienone is 2. The molecule has 39 heavy (non-hydrogen) atoms. The fourth-order valence-electron chi connectivity index (χ4n) is 4.51. The molecule has 0 radical (unpaired) electrons. The van der Waals surface area contributed by atoms with E-state index in [4.69, 9.17) is 20.7 Å². The summed E-state index contributed by atoms with van der Waals surface area (Å²) in [5.74, 6) is -0.574. The molecule has 0 bridgehead atoms. The highest BCUT2D eigenvalue weighted by Crippen LogP contribution is 2.38. The molecule has 0 saturated carbocycles. The molecule has 0 unspecified atom stereocenters. The number of aliphatic hydroxyl groups excluding tert-OH is 2. The van der Waals surface area contributed by atoms with Gasteiger partial charge in [-0.1, -0.05) is 75.6 Å². The van der Waals surface area contributed by atoms with E-state index in [2.05, 4.69) is 34.1 Å². The van der Waals surface area contributed by atoms with E-state index in [1.54, 1.807) is 0 Å². The Hall–Kier alpha value is -2.92. The van der Waals surface area contributed by atoms with Gasteiger partial charge in [0.1, 0.15) is 24.6 Å². The number of nitrogens with zero attached hydrogens (tertiary/aromatic N) is 5. The SMILES string of the molecule is CCCCCCCCC=CCCCCCCCC(=O)OC[C@@]1(N=[N+]=[N-])O[C@H](n2ccc(N)nc2=O)[C@H](O)[C@@H]1O. The molecule has 2 heterocycles. The van der Waals surface area contributed by atoms with Crippen LogP contribution in [0, 0.1) is 0 Å². The van der Waals surface area contributed by atoms with Crippen LogP contribution in [0.2, 0.25) is 0 Å². The van der Waals surface area contributed by atoms with Gasteiger partial charge in [0.15, 0.2) is 6.23 Å². The Labute approximate surface area is 229 Å². The summed E-state index contributed by atoms with van der Waals surface area (Å²) in [6.07, 6.45) is 16.0. The van der Waals surface area contributed by atoms with Crippen LogP contribution in [-0.2, 0) is 14.3 Å². The summed E-state index contributed by atoms with van der Waals surface area (Å²) >= 11 is 0. The van der Waals surface area contributed by atoms with E-state index in [-0.39, 0.29) is 12.2 Å². The molecular weight excluding hydrogens is 504 g/mol. The van der Waals surface area contributed by atoms with Gasteiger partial charge in [0.25, 0.3) is 0 Å². The van der Waals surface area contributed by atoms with Crippen LogP contribution in [0.3, 0.4) is 0 Å². The predicted octanol–water partition coefficient (Wildman–Crippen LogP) is 4.66. The van der Waals surface area contributed by atoms with Crippen LogP contribution in [0.25, 0.3) is 10.4 Å². The van der Waals surface area contributed by atoms with Crippen LogP contribution in [0.15, 0.2) is 34.3 Å². The zero-order valence-corrected chi connectivity index (χ0v) is 23.0. The number of carbonyl (C=O) groups excluding carboxylic acids is 1. The molecular formula is C27H44N6O6. The maximum absolute atomic E-state index is 12.3. The minimum atomic E-state index is -2.10. The zero-order chi connectivity index (χ0) is 28.5. The number of esters is 1. The lowest BCUT2D eigenvalue weighted by Gasteiger charge is -2.26. The molecule has 2 rings (SSSR count). The minimum Gasteiger partial charge on any atom is -0.462 e. The molecule has 1 aliphatic heterocycles. The van der Waals surface area contributed by atoms with Gasteiger partial charge in [0, 0.05) is 17.5 Å². The number of aliphatic hydroxyl groups is 2. The number of nitrogen functional groups attached to an aromatic ring is 1. The molecule has 1 aromatic rings. The van der Waals surface area contributed by atoms with Gasteiger partial charge in [-0.25, -0.2) is 4.79 Å². The van der Waals surface area contributed by atoms with Gasteiger partial charge in [-0.3, -0.25) is 9.36 Å². The second-order valence-electron chi connectivity index (χ2n) is 10.0. The monoisotopic (exact) mass is 548 g/mol. The van der Waals surface area contributed by atoms with Gasteiger partial charge in [-0.05, 0) is 43.7 Å². The van der Waals surface area contributed by atoms with Crippen molar-refractivity contribution in [1.82, 2.24) is 9.55 Å². The quantitative estimate of drug-likeness (QED) is 0.0556. The van der Waals surface area contributed by atoms with Crippen molar-refractivity contribution in [2.24, 2.45) is 5.11 Å². The smallest absolute Gasteiger partial charge is 0.351 e. The Balaban J connectivity index is 1.65.